The van der Waals surface area contributed by atoms with E-state index in [1.54, 1.807) is 6.92 Å². The number of nitriles is 1. The van der Waals surface area contributed by atoms with E-state index < -0.39 is 10.9 Å². The first kappa shape index (κ1) is 14.1. The van der Waals surface area contributed by atoms with Crippen molar-refractivity contribution in [2.45, 2.75) is 12.3 Å². The van der Waals surface area contributed by atoms with Crippen LogP contribution < -0.4 is 0 Å². The summed E-state index contributed by atoms with van der Waals surface area (Å²) in [7, 11) is 0. The van der Waals surface area contributed by atoms with Gasteiger partial charge in [-0.15, -0.1) is 0 Å². The normalized spacial score (nSPS) is 9.61. The Hall–Kier alpha value is -1.94. The lowest BCUT2D eigenvalue weighted by Crippen LogP contribution is -2.10. The molecule has 0 spiro atoms. The van der Waals surface area contributed by atoms with Crippen LogP contribution in [0.25, 0.3) is 0 Å². The van der Waals surface area contributed by atoms with Gasteiger partial charge in [-0.25, -0.2) is 4.79 Å². The molecule has 1 aromatic rings. The largest absolute Gasteiger partial charge is 0.462 e. The number of esters is 1. The van der Waals surface area contributed by atoms with Crippen molar-refractivity contribution in [3.63, 3.8) is 0 Å². The van der Waals surface area contributed by atoms with Crippen molar-refractivity contribution in [2.75, 3.05) is 6.61 Å². The number of nitro benzene ring substituents is 1. The monoisotopic (exact) mass is 312 g/mol. The van der Waals surface area contributed by atoms with Crippen LogP contribution in [-0.4, -0.2) is 17.5 Å². The molecule has 0 radical (unpaired) electrons. The minimum atomic E-state index is -0.768. The lowest BCUT2D eigenvalue weighted by molar-refractivity contribution is -0.385. The second-order valence-corrected chi connectivity index (χ2v) is 3.77. The molecule has 0 aliphatic heterocycles. The molecule has 0 N–H and O–H groups in total. The average Bonchev–Trinajstić information content (AvgIpc) is 2.36. The number of nitrogens with zero attached hydrogens (tertiary/aromatic N) is 2. The number of nitro groups is 1. The number of carbonyl (C=O) groups is 1. The van der Waals surface area contributed by atoms with Gasteiger partial charge < -0.3 is 4.74 Å². The Morgan fingerprint density at radius 1 is 1.61 bits per heavy atom. The molecule has 0 bridgehead atoms. The Bertz CT molecular complexity index is 537. The van der Waals surface area contributed by atoms with Crippen LogP contribution in [0.1, 0.15) is 28.4 Å². The molecular weight excluding hydrogens is 304 g/mol. The van der Waals surface area contributed by atoms with Gasteiger partial charge in [0.25, 0.3) is 5.69 Å². The zero-order chi connectivity index (χ0) is 13.7. The van der Waals surface area contributed by atoms with E-state index in [0.717, 1.165) is 0 Å². The number of carbonyl (C=O) groups excluding carboxylic acids is 1. The fraction of sp³-hybridized carbons (Fsp3) is 0.273. The molecule has 7 heteroatoms. The molecule has 1 aromatic carbocycles. The van der Waals surface area contributed by atoms with Gasteiger partial charge in [0.05, 0.1) is 28.7 Å². The second kappa shape index (κ2) is 6.12. The highest BCUT2D eigenvalue weighted by atomic mass is 79.9. The first-order valence-corrected chi connectivity index (χ1v) is 6.12. The third-order valence-electron chi connectivity index (χ3n) is 2.21. The van der Waals surface area contributed by atoms with Gasteiger partial charge in [0.1, 0.15) is 5.56 Å². The summed E-state index contributed by atoms with van der Waals surface area (Å²) in [6.07, 6.45) is 0. The molecule has 0 aliphatic rings. The van der Waals surface area contributed by atoms with Gasteiger partial charge in [0, 0.05) is 5.33 Å². The Balaban J connectivity index is 3.50. The predicted molar refractivity (Wildman–Crippen MR) is 66.4 cm³/mol. The van der Waals surface area contributed by atoms with Gasteiger partial charge in [-0.1, -0.05) is 15.9 Å². The van der Waals surface area contributed by atoms with Crippen molar-refractivity contribution in [2.24, 2.45) is 0 Å². The van der Waals surface area contributed by atoms with Crippen LogP contribution >= 0.6 is 15.9 Å². The highest BCUT2D eigenvalue weighted by Crippen LogP contribution is 2.29. The molecule has 0 unspecified atom stereocenters. The highest BCUT2D eigenvalue weighted by Gasteiger charge is 2.27. The minimum absolute atomic E-state index is 0.111. The van der Waals surface area contributed by atoms with Gasteiger partial charge in [0.2, 0.25) is 0 Å². The first-order chi connectivity index (χ1) is 8.56. The van der Waals surface area contributed by atoms with Gasteiger partial charge >= 0.3 is 5.97 Å². The van der Waals surface area contributed by atoms with Crippen molar-refractivity contribution in [3.05, 3.63) is 38.9 Å². The molecule has 0 fully saturated rings. The number of hydrogen-bond acceptors (Lipinski definition) is 5. The Labute approximate surface area is 111 Å². The summed E-state index contributed by atoms with van der Waals surface area (Å²) in [6.45, 7) is 1.73. The number of hydrogen-bond donors (Lipinski definition) is 0. The maximum absolute atomic E-state index is 11.6. The maximum atomic E-state index is 11.6. The lowest BCUT2D eigenvalue weighted by atomic mass is 10.0. The van der Waals surface area contributed by atoms with Crippen LogP contribution in [0, 0.1) is 21.4 Å². The third kappa shape index (κ3) is 2.65. The summed E-state index contributed by atoms with van der Waals surface area (Å²) in [5.74, 6) is -0.768. The molecule has 0 heterocycles. The molecule has 0 saturated heterocycles. The Morgan fingerprint density at radius 3 is 2.72 bits per heavy atom. The summed E-state index contributed by atoms with van der Waals surface area (Å²) >= 11 is 3.08. The van der Waals surface area contributed by atoms with Crippen LogP contribution in [0.15, 0.2) is 12.1 Å². The van der Waals surface area contributed by atoms with E-state index in [1.165, 1.54) is 12.1 Å². The molecule has 0 saturated carbocycles. The molecular formula is C11H9BrN2O4. The summed E-state index contributed by atoms with van der Waals surface area (Å²) in [6, 6.07) is 4.46. The molecule has 6 nitrogen and oxygen atoms in total. The van der Waals surface area contributed by atoms with Crippen LogP contribution in [0.5, 0.6) is 0 Å². The van der Waals surface area contributed by atoms with Crippen molar-refractivity contribution >= 4 is 27.6 Å². The Kier molecular flexibility index (Phi) is 4.80. The maximum Gasteiger partial charge on any atom is 0.345 e. The Morgan fingerprint density at radius 2 is 2.28 bits per heavy atom. The van der Waals surface area contributed by atoms with Crippen molar-refractivity contribution in [3.8, 4) is 6.07 Å². The van der Waals surface area contributed by atoms with Crippen molar-refractivity contribution < 1.29 is 14.5 Å². The topological polar surface area (TPSA) is 93.2 Å². The van der Waals surface area contributed by atoms with Gasteiger partial charge in [-0.2, -0.15) is 5.26 Å². The predicted octanol–water partition coefficient (Wildman–Crippen LogP) is 2.54. The van der Waals surface area contributed by atoms with Crippen molar-refractivity contribution in [1.82, 2.24) is 0 Å². The standard InChI is InChI=1S/C11H9BrN2O4/c1-2-18-11(15)8-4-3-7(6-13)9(5-12)10(8)14(16)17/h3-4H,2,5H2,1H3. The number of halogens is 1. The van der Waals surface area contributed by atoms with Crippen molar-refractivity contribution in [1.29, 1.82) is 5.26 Å². The summed E-state index contributed by atoms with van der Waals surface area (Å²) in [5, 5.41) is 20.0. The molecule has 0 atom stereocenters. The van der Waals surface area contributed by atoms with E-state index in [0.29, 0.717) is 0 Å². The molecule has 94 valence electrons. The van der Waals surface area contributed by atoms with Crippen LogP contribution in [0.2, 0.25) is 0 Å². The number of benzene rings is 1. The van der Waals surface area contributed by atoms with E-state index in [4.69, 9.17) is 10.00 Å². The molecule has 18 heavy (non-hydrogen) atoms. The molecule has 1 rings (SSSR count). The van der Waals surface area contributed by atoms with Crippen LogP contribution in [0.3, 0.4) is 0 Å². The average molecular weight is 313 g/mol. The number of rotatable bonds is 4. The number of ether oxygens (including phenoxy) is 1. The zero-order valence-corrected chi connectivity index (χ0v) is 11.1. The molecule has 0 aliphatic carbocycles. The SMILES string of the molecule is CCOC(=O)c1ccc(C#N)c(CBr)c1[N+](=O)[O-]. The van der Waals surface area contributed by atoms with Crippen LogP contribution in [0.4, 0.5) is 5.69 Å². The molecule has 0 amide bonds. The summed E-state index contributed by atoms with van der Waals surface area (Å²) in [5.41, 5.74) is -0.195. The van der Waals surface area contributed by atoms with Gasteiger partial charge in [-0.3, -0.25) is 10.1 Å². The van der Waals surface area contributed by atoms with E-state index >= 15 is 0 Å². The summed E-state index contributed by atoms with van der Waals surface area (Å²) in [4.78, 5) is 22.0. The van der Waals surface area contributed by atoms with Crippen LogP contribution in [-0.2, 0) is 10.1 Å². The lowest BCUT2D eigenvalue weighted by Gasteiger charge is -2.07. The smallest absolute Gasteiger partial charge is 0.345 e. The van der Waals surface area contributed by atoms with E-state index in [2.05, 4.69) is 15.9 Å². The highest BCUT2D eigenvalue weighted by molar-refractivity contribution is 9.08. The third-order valence-corrected chi connectivity index (χ3v) is 2.78. The fourth-order valence-electron chi connectivity index (χ4n) is 1.46. The fourth-order valence-corrected chi connectivity index (χ4v) is 2.03. The zero-order valence-electron chi connectivity index (χ0n) is 9.47. The first-order valence-electron chi connectivity index (χ1n) is 5.00. The van der Waals surface area contributed by atoms with Gasteiger partial charge in [0.15, 0.2) is 0 Å². The summed E-state index contributed by atoms with van der Waals surface area (Å²) < 4.78 is 4.75. The second-order valence-electron chi connectivity index (χ2n) is 3.21. The van der Waals surface area contributed by atoms with E-state index in [9.17, 15) is 14.9 Å². The molecule has 0 aromatic heterocycles. The van der Waals surface area contributed by atoms with E-state index in [1.807, 2.05) is 6.07 Å². The van der Waals surface area contributed by atoms with Gasteiger partial charge in [-0.05, 0) is 19.1 Å². The van der Waals surface area contributed by atoms with E-state index in [-0.39, 0.29) is 34.3 Å². The minimum Gasteiger partial charge on any atom is -0.462 e. The quantitative estimate of drug-likeness (QED) is 0.368. The number of alkyl halides is 1.